The smallest absolute Gasteiger partial charge is 0.242 e. The van der Waals surface area contributed by atoms with Crippen LogP contribution in [0.3, 0.4) is 0 Å². The molecule has 0 atom stereocenters. The monoisotopic (exact) mass is 527 g/mol. The van der Waals surface area contributed by atoms with Crippen molar-refractivity contribution in [1.82, 2.24) is 4.31 Å². The van der Waals surface area contributed by atoms with E-state index in [1.165, 1.54) is 45.5 Å². The quantitative estimate of drug-likeness (QED) is 0.389. The van der Waals surface area contributed by atoms with Crippen LogP contribution in [0.2, 0.25) is 0 Å². The maximum atomic E-state index is 13.6. The van der Waals surface area contributed by atoms with Gasteiger partial charge in [-0.15, -0.1) is 0 Å². The van der Waals surface area contributed by atoms with Gasteiger partial charge in [-0.05, 0) is 64.8 Å². The molecule has 0 aliphatic carbocycles. The molecule has 37 heavy (non-hydrogen) atoms. The maximum absolute atomic E-state index is 13.6. The van der Waals surface area contributed by atoms with E-state index in [0.717, 1.165) is 15.5 Å². The van der Waals surface area contributed by atoms with Gasteiger partial charge in [-0.3, -0.25) is 4.79 Å². The minimum absolute atomic E-state index is 0.0410. The Morgan fingerprint density at radius 2 is 1.49 bits per heavy atom. The minimum atomic E-state index is -3.65. The Balaban J connectivity index is 2.38. The summed E-state index contributed by atoms with van der Waals surface area (Å²) in [7, 11) is 0.542. The first kappa shape index (κ1) is 28.0. The van der Waals surface area contributed by atoms with Crippen LogP contribution >= 0.6 is 0 Å². The van der Waals surface area contributed by atoms with Gasteiger partial charge in [-0.1, -0.05) is 23.3 Å². The molecule has 0 bridgehead atoms. The predicted molar refractivity (Wildman–Crippen MR) is 145 cm³/mol. The molecule has 2 N–H and O–H groups in total. The number of hydrogen-bond donors (Lipinski definition) is 2. The van der Waals surface area contributed by atoms with Gasteiger partial charge in [0.15, 0.2) is 5.76 Å². The van der Waals surface area contributed by atoms with E-state index in [-0.39, 0.29) is 57.3 Å². The minimum Gasteiger partial charge on any atom is -0.507 e. The standard InChI is InChI=1S/C28H33NO7S/c1-16(2)8-14-20-23(30)21(15-9-17(3)4)27-22(24(20)31)25(32)28(35-7)26(36-27)18-10-12-19(13-11-18)37(33,34)29(5)6/h8-13,30-31H,14-15H2,1-7H3. The number of fused-ring (bicyclic) bond motifs is 1. The van der Waals surface area contributed by atoms with E-state index in [9.17, 15) is 23.4 Å². The SMILES string of the molecule is COc1c(-c2ccc(S(=O)(=O)N(C)C)cc2)oc2c(CC=C(C)C)c(O)c(CC=C(C)C)c(O)c2c1=O. The summed E-state index contributed by atoms with van der Waals surface area (Å²) in [5.74, 6) is -0.593. The molecular formula is C28H33NO7S. The van der Waals surface area contributed by atoms with Crippen molar-refractivity contribution in [2.24, 2.45) is 0 Å². The number of sulfonamides is 1. The highest BCUT2D eigenvalue weighted by Crippen LogP contribution is 2.43. The van der Waals surface area contributed by atoms with Crippen molar-refractivity contribution >= 4 is 21.0 Å². The van der Waals surface area contributed by atoms with Gasteiger partial charge in [-0.25, -0.2) is 12.7 Å². The molecule has 198 valence electrons. The molecule has 0 saturated carbocycles. The number of ether oxygens (including phenoxy) is 1. The topological polar surface area (TPSA) is 117 Å². The number of methoxy groups -OCH3 is 1. The van der Waals surface area contributed by atoms with Crippen LogP contribution in [0.4, 0.5) is 0 Å². The Bertz CT molecular complexity index is 1550. The van der Waals surface area contributed by atoms with Gasteiger partial charge >= 0.3 is 0 Å². The van der Waals surface area contributed by atoms with Gasteiger partial charge in [0, 0.05) is 30.8 Å². The molecule has 0 aliphatic rings. The molecule has 0 fully saturated rings. The predicted octanol–water partition coefficient (Wildman–Crippen LogP) is 5.15. The highest BCUT2D eigenvalue weighted by molar-refractivity contribution is 7.89. The second-order valence-electron chi connectivity index (χ2n) is 9.44. The first-order valence-corrected chi connectivity index (χ1v) is 13.1. The Morgan fingerprint density at radius 1 is 0.946 bits per heavy atom. The number of hydrogen-bond acceptors (Lipinski definition) is 7. The normalized spacial score (nSPS) is 11.6. The third-order valence-corrected chi connectivity index (χ3v) is 7.80. The van der Waals surface area contributed by atoms with E-state index in [0.29, 0.717) is 11.1 Å². The highest BCUT2D eigenvalue weighted by atomic mass is 32.2. The molecule has 0 spiro atoms. The second kappa shape index (κ2) is 10.8. The van der Waals surface area contributed by atoms with Crippen molar-refractivity contribution in [2.45, 2.75) is 45.4 Å². The van der Waals surface area contributed by atoms with Crippen LogP contribution in [0.1, 0.15) is 38.8 Å². The molecular weight excluding hydrogens is 494 g/mol. The van der Waals surface area contributed by atoms with E-state index in [4.69, 9.17) is 9.15 Å². The Morgan fingerprint density at radius 3 is 1.97 bits per heavy atom. The molecule has 1 heterocycles. The average molecular weight is 528 g/mol. The fourth-order valence-electron chi connectivity index (χ4n) is 3.86. The molecule has 2 aromatic carbocycles. The summed E-state index contributed by atoms with van der Waals surface area (Å²) in [4.78, 5) is 13.7. The van der Waals surface area contributed by atoms with E-state index in [2.05, 4.69) is 0 Å². The highest BCUT2D eigenvalue weighted by Gasteiger charge is 2.27. The van der Waals surface area contributed by atoms with Crippen LogP contribution in [0, 0.1) is 0 Å². The molecule has 9 heteroatoms. The summed E-state index contributed by atoms with van der Waals surface area (Å²) in [5.41, 5.74) is 2.42. The summed E-state index contributed by atoms with van der Waals surface area (Å²) >= 11 is 0. The fourth-order valence-corrected chi connectivity index (χ4v) is 4.76. The van der Waals surface area contributed by atoms with E-state index in [1.807, 2.05) is 39.8 Å². The molecule has 0 radical (unpaired) electrons. The molecule has 1 aromatic heterocycles. The molecule has 3 aromatic rings. The zero-order valence-corrected chi connectivity index (χ0v) is 23.0. The molecule has 0 saturated heterocycles. The molecule has 0 aliphatic heterocycles. The largest absolute Gasteiger partial charge is 0.507 e. The van der Waals surface area contributed by atoms with Gasteiger partial charge < -0.3 is 19.4 Å². The summed E-state index contributed by atoms with van der Waals surface area (Å²) in [5, 5.41) is 22.2. The lowest BCUT2D eigenvalue weighted by Gasteiger charge is -2.17. The molecule has 0 amide bonds. The number of nitrogens with zero attached hydrogens (tertiary/aromatic N) is 1. The summed E-state index contributed by atoms with van der Waals surface area (Å²) < 4.78 is 37.6. The Labute approximate surface area is 217 Å². The van der Waals surface area contributed by atoms with E-state index in [1.54, 1.807) is 0 Å². The third kappa shape index (κ3) is 5.42. The van der Waals surface area contributed by atoms with Crippen LogP contribution in [0.25, 0.3) is 22.3 Å². The van der Waals surface area contributed by atoms with Crippen LogP contribution < -0.4 is 10.2 Å². The van der Waals surface area contributed by atoms with Crippen LogP contribution in [0.5, 0.6) is 17.2 Å². The van der Waals surface area contributed by atoms with E-state index < -0.39 is 15.5 Å². The van der Waals surface area contributed by atoms with E-state index >= 15 is 0 Å². The van der Waals surface area contributed by atoms with Gasteiger partial charge in [0.25, 0.3) is 0 Å². The first-order chi connectivity index (χ1) is 17.3. The number of aromatic hydroxyl groups is 2. The van der Waals surface area contributed by atoms with Crippen molar-refractivity contribution < 1.29 is 27.8 Å². The van der Waals surface area contributed by atoms with Gasteiger partial charge in [0.2, 0.25) is 21.2 Å². The fraction of sp³-hybridized carbons (Fsp3) is 0.321. The van der Waals surface area contributed by atoms with Crippen LogP contribution in [-0.2, 0) is 22.9 Å². The number of phenolic OH excluding ortho intramolecular Hbond substituents is 2. The summed E-state index contributed by atoms with van der Waals surface area (Å²) in [6.45, 7) is 7.63. The van der Waals surface area contributed by atoms with Crippen molar-refractivity contribution in [3.8, 4) is 28.6 Å². The molecule has 0 unspecified atom stereocenters. The van der Waals surface area contributed by atoms with Gasteiger partial charge in [-0.2, -0.15) is 0 Å². The molecule has 8 nitrogen and oxygen atoms in total. The van der Waals surface area contributed by atoms with Crippen molar-refractivity contribution in [3.63, 3.8) is 0 Å². The first-order valence-electron chi connectivity index (χ1n) is 11.7. The number of phenols is 2. The lowest BCUT2D eigenvalue weighted by atomic mass is 9.96. The van der Waals surface area contributed by atoms with Crippen LogP contribution in [0.15, 0.2) is 61.7 Å². The average Bonchev–Trinajstić information content (AvgIpc) is 2.83. The van der Waals surface area contributed by atoms with Gasteiger partial charge in [0.1, 0.15) is 22.5 Å². The zero-order valence-electron chi connectivity index (χ0n) is 22.2. The van der Waals surface area contributed by atoms with Crippen molar-refractivity contribution in [3.05, 3.63) is 68.9 Å². The van der Waals surface area contributed by atoms with Crippen LogP contribution in [-0.4, -0.2) is 44.1 Å². The van der Waals surface area contributed by atoms with Crippen molar-refractivity contribution in [2.75, 3.05) is 21.2 Å². The van der Waals surface area contributed by atoms with Crippen molar-refractivity contribution in [1.29, 1.82) is 0 Å². The summed E-state index contributed by atoms with van der Waals surface area (Å²) in [6.07, 6.45) is 4.23. The summed E-state index contributed by atoms with van der Waals surface area (Å²) in [6, 6.07) is 5.86. The third-order valence-electron chi connectivity index (χ3n) is 5.97. The number of benzene rings is 2. The number of rotatable bonds is 8. The zero-order chi connectivity index (χ0) is 27.7. The number of allylic oxidation sites excluding steroid dienone is 4. The lowest BCUT2D eigenvalue weighted by molar-refractivity contribution is 0.396. The second-order valence-corrected chi connectivity index (χ2v) is 11.6. The Kier molecular flexibility index (Phi) is 8.19. The molecule has 3 rings (SSSR count). The Hall–Kier alpha value is -3.56. The van der Waals surface area contributed by atoms with Gasteiger partial charge in [0.05, 0.1) is 12.0 Å². The lowest BCUT2D eigenvalue weighted by Crippen LogP contribution is -2.22. The maximum Gasteiger partial charge on any atom is 0.242 e.